The second kappa shape index (κ2) is 7.02. The fraction of sp³-hybridized carbons (Fsp3) is 0.368. The van der Waals surface area contributed by atoms with Gasteiger partial charge in [-0.2, -0.15) is 18.3 Å². The molecule has 0 N–H and O–H groups in total. The van der Waals surface area contributed by atoms with Gasteiger partial charge in [-0.3, -0.25) is 18.8 Å². The molecule has 0 bridgehead atoms. The van der Waals surface area contributed by atoms with Gasteiger partial charge in [0.2, 0.25) is 0 Å². The Labute approximate surface area is 163 Å². The summed E-state index contributed by atoms with van der Waals surface area (Å²) in [6, 6.07) is 7.11. The van der Waals surface area contributed by atoms with E-state index < -0.39 is 24.3 Å². The Morgan fingerprint density at radius 3 is 2.69 bits per heavy atom. The van der Waals surface area contributed by atoms with Crippen molar-refractivity contribution in [2.75, 3.05) is 6.54 Å². The highest BCUT2D eigenvalue weighted by Gasteiger charge is 2.37. The van der Waals surface area contributed by atoms with Crippen LogP contribution in [0.15, 0.2) is 41.3 Å². The van der Waals surface area contributed by atoms with Crippen LogP contribution in [-0.4, -0.2) is 42.9 Å². The van der Waals surface area contributed by atoms with Crippen LogP contribution in [0, 0.1) is 0 Å². The van der Waals surface area contributed by atoms with E-state index >= 15 is 0 Å². The molecule has 1 fully saturated rings. The van der Waals surface area contributed by atoms with E-state index in [1.807, 2.05) is 0 Å². The number of fused-ring (bicyclic) bond motifs is 1. The Morgan fingerprint density at radius 1 is 1.24 bits per heavy atom. The number of benzene rings is 1. The standard InChI is InChI=1S/C19H18F3N5O2/c1-25-15(8-9-23-25)18(29)26-10-4-7-14(26)16-24-13-6-3-2-5-12(13)17(28)27(16)11-19(20,21)22/h2-3,5-6,8-9,14H,4,7,10-11H2,1H3. The second-order valence-electron chi connectivity index (χ2n) is 6.99. The molecule has 0 radical (unpaired) electrons. The number of nitrogens with zero attached hydrogens (tertiary/aromatic N) is 5. The lowest BCUT2D eigenvalue weighted by Crippen LogP contribution is -2.38. The summed E-state index contributed by atoms with van der Waals surface area (Å²) in [7, 11) is 1.62. The van der Waals surface area contributed by atoms with Crippen molar-refractivity contribution in [2.45, 2.75) is 31.6 Å². The maximum absolute atomic E-state index is 13.2. The molecule has 1 atom stereocenters. The predicted octanol–water partition coefficient (Wildman–Crippen LogP) is 2.67. The van der Waals surface area contributed by atoms with Gasteiger partial charge in [0.1, 0.15) is 18.1 Å². The number of hydrogen-bond acceptors (Lipinski definition) is 4. The predicted molar refractivity (Wildman–Crippen MR) is 98.3 cm³/mol. The number of alkyl halides is 3. The Kier molecular flexibility index (Phi) is 4.64. The number of halogens is 3. The zero-order chi connectivity index (χ0) is 20.8. The largest absolute Gasteiger partial charge is 0.406 e. The number of amides is 1. The van der Waals surface area contributed by atoms with Gasteiger partial charge in [0.25, 0.3) is 11.5 Å². The Balaban J connectivity index is 1.85. The molecule has 1 saturated heterocycles. The molecule has 0 aliphatic carbocycles. The second-order valence-corrected chi connectivity index (χ2v) is 6.99. The Bertz CT molecular complexity index is 1130. The van der Waals surface area contributed by atoms with Crippen LogP contribution in [0.2, 0.25) is 0 Å². The first kappa shape index (κ1) is 19.2. The Hall–Kier alpha value is -3.17. The summed E-state index contributed by atoms with van der Waals surface area (Å²) in [6.45, 7) is -1.09. The maximum atomic E-state index is 13.2. The third kappa shape index (κ3) is 3.50. The number of carbonyl (C=O) groups is 1. The molecule has 7 nitrogen and oxygen atoms in total. The van der Waals surface area contributed by atoms with Crippen molar-refractivity contribution >= 4 is 16.8 Å². The van der Waals surface area contributed by atoms with Gasteiger partial charge in [-0.15, -0.1) is 0 Å². The van der Waals surface area contributed by atoms with E-state index in [0.29, 0.717) is 35.2 Å². The van der Waals surface area contributed by atoms with Crippen LogP contribution in [0.5, 0.6) is 0 Å². The molecule has 2 aromatic heterocycles. The summed E-state index contributed by atoms with van der Waals surface area (Å²) >= 11 is 0. The molecular weight excluding hydrogens is 387 g/mol. The normalized spacial score (nSPS) is 17.2. The molecule has 10 heteroatoms. The molecule has 3 heterocycles. The smallest absolute Gasteiger partial charge is 0.327 e. The maximum Gasteiger partial charge on any atom is 0.406 e. The van der Waals surface area contributed by atoms with Crippen molar-refractivity contribution in [3.05, 3.63) is 58.4 Å². The number of hydrogen-bond donors (Lipinski definition) is 0. The van der Waals surface area contributed by atoms with Crippen LogP contribution in [0.3, 0.4) is 0 Å². The van der Waals surface area contributed by atoms with Gasteiger partial charge in [-0.25, -0.2) is 4.98 Å². The zero-order valence-electron chi connectivity index (χ0n) is 15.6. The number of likely N-dealkylation sites (tertiary alicyclic amines) is 1. The number of aromatic nitrogens is 4. The van der Waals surface area contributed by atoms with E-state index in [2.05, 4.69) is 10.1 Å². The average Bonchev–Trinajstić information content (AvgIpc) is 3.31. The van der Waals surface area contributed by atoms with Crippen LogP contribution in [0.4, 0.5) is 13.2 Å². The minimum Gasteiger partial charge on any atom is -0.327 e. The van der Waals surface area contributed by atoms with Crippen molar-refractivity contribution in [1.82, 2.24) is 24.2 Å². The van der Waals surface area contributed by atoms with Gasteiger partial charge in [-0.1, -0.05) is 12.1 Å². The fourth-order valence-corrected chi connectivity index (χ4v) is 3.78. The molecule has 1 amide bonds. The third-order valence-corrected chi connectivity index (χ3v) is 5.08. The van der Waals surface area contributed by atoms with E-state index in [0.717, 1.165) is 0 Å². The molecule has 152 valence electrons. The van der Waals surface area contributed by atoms with Crippen molar-refractivity contribution < 1.29 is 18.0 Å². The van der Waals surface area contributed by atoms with E-state index in [-0.39, 0.29) is 17.1 Å². The van der Waals surface area contributed by atoms with Crippen LogP contribution >= 0.6 is 0 Å². The topological polar surface area (TPSA) is 73.0 Å². The molecule has 29 heavy (non-hydrogen) atoms. The van der Waals surface area contributed by atoms with Crippen LogP contribution in [-0.2, 0) is 13.6 Å². The lowest BCUT2D eigenvalue weighted by Gasteiger charge is -2.27. The molecular formula is C19H18F3N5O2. The first-order valence-corrected chi connectivity index (χ1v) is 9.11. The van der Waals surface area contributed by atoms with Crippen molar-refractivity contribution in [3.63, 3.8) is 0 Å². The molecule has 1 aromatic carbocycles. The van der Waals surface area contributed by atoms with E-state index in [4.69, 9.17) is 0 Å². The quantitative estimate of drug-likeness (QED) is 0.672. The number of rotatable bonds is 3. The summed E-state index contributed by atoms with van der Waals surface area (Å²) in [5.41, 5.74) is -0.129. The molecule has 1 unspecified atom stereocenters. The minimum absolute atomic E-state index is 0.0426. The van der Waals surface area contributed by atoms with E-state index in [9.17, 15) is 22.8 Å². The zero-order valence-corrected chi connectivity index (χ0v) is 15.6. The molecule has 1 aliphatic heterocycles. The third-order valence-electron chi connectivity index (χ3n) is 5.08. The highest BCUT2D eigenvalue weighted by Crippen LogP contribution is 2.33. The van der Waals surface area contributed by atoms with Crippen molar-refractivity contribution in [2.24, 2.45) is 7.05 Å². The fourth-order valence-electron chi connectivity index (χ4n) is 3.78. The summed E-state index contributed by atoms with van der Waals surface area (Å²) < 4.78 is 41.8. The van der Waals surface area contributed by atoms with E-state index in [1.165, 1.54) is 21.8 Å². The summed E-state index contributed by atoms with van der Waals surface area (Å²) in [5.74, 6) is -0.396. The highest BCUT2D eigenvalue weighted by atomic mass is 19.4. The van der Waals surface area contributed by atoms with Crippen LogP contribution in [0.25, 0.3) is 10.9 Å². The molecule has 0 saturated carbocycles. The monoisotopic (exact) mass is 405 g/mol. The lowest BCUT2D eigenvalue weighted by atomic mass is 10.1. The van der Waals surface area contributed by atoms with Crippen LogP contribution in [0.1, 0.15) is 35.2 Å². The lowest BCUT2D eigenvalue weighted by molar-refractivity contribution is -0.141. The SMILES string of the molecule is Cn1nccc1C(=O)N1CCCC1c1nc2ccccc2c(=O)n1CC(F)(F)F. The summed E-state index contributed by atoms with van der Waals surface area (Å²) in [6.07, 6.45) is -2.10. The van der Waals surface area contributed by atoms with Gasteiger partial charge >= 0.3 is 6.18 Å². The Morgan fingerprint density at radius 2 is 2.00 bits per heavy atom. The number of carbonyl (C=O) groups excluding carboxylic acids is 1. The van der Waals surface area contributed by atoms with Gasteiger partial charge in [0.05, 0.1) is 16.9 Å². The van der Waals surface area contributed by atoms with Gasteiger partial charge in [-0.05, 0) is 31.0 Å². The first-order valence-electron chi connectivity index (χ1n) is 9.11. The van der Waals surface area contributed by atoms with E-state index in [1.54, 1.807) is 31.3 Å². The van der Waals surface area contributed by atoms with Crippen LogP contribution < -0.4 is 5.56 Å². The van der Waals surface area contributed by atoms with Crippen molar-refractivity contribution in [1.29, 1.82) is 0 Å². The number of aryl methyl sites for hydroxylation is 1. The molecule has 1 aliphatic rings. The molecule has 4 rings (SSSR count). The summed E-state index contributed by atoms with van der Waals surface area (Å²) in [5, 5.41) is 4.09. The van der Waals surface area contributed by atoms with Gasteiger partial charge < -0.3 is 4.90 Å². The average molecular weight is 405 g/mol. The van der Waals surface area contributed by atoms with Gasteiger partial charge in [0, 0.05) is 19.8 Å². The molecule has 3 aromatic rings. The van der Waals surface area contributed by atoms with Crippen molar-refractivity contribution in [3.8, 4) is 0 Å². The first-order chi connectivity index (χ1) is 13.8. The summed E-state index contributed by atoms with van der Waals surface area (Å²) in [4.78, 5) is 31.7. The molecule has 0 spiro atoms. The highest BCUT2D eigenvalue weighted by molar-refractivity contribution is 5.93. The minimum atomic E-state index is -4.60. The van der Waals surface area contributed by atoms with Gasteiger partial charge in [0.15, 0.2) is 0 Å². The number of para-hydroxylation sites is 1.